The Hall–Kier alpha value is -6.68. The van der Waals surface area contributed by atoms with E-state index < -0.39 is 17.9 Å². The van der Waals surface area contributed by atoms with Crippen molar-refractivity contribution < 1.29 is 29.2 Å². The first-order valence-electron chi connectivity index (χ1n) is 14.9. The summed E-state index contributed by atoms with van der Waals surface area (Å²) in [5.41, 5.74) is 5.65. The lowest BCUT2D eigenvalue weighted by Gasteiger charge is -2.04. The molecule has 0 amide bonds. The molecule has 0 atom stereocenters. The Balaban J connectivity index is 1.38. The summed E-state index contributed by atoms with van der Waals surface area (Å²) in [5, 5.41) is 19.1. The lowest BCUT2D eigenvalue weighted by atomic mass is 10.0. The number of benzene rings is 5. The predicted molar refractivity (Wildman–Crippen MR) is 185 cm³/mol. The van der Waals surface area contributed by atoms with Crippen molar-refractivity contribution in [3.63, 3.8) is 0 Å². The highest BCUT2D eigenvalue weighted by atomic mass is 16.7. The van der Waals surface area contributed by atoms with Crippen LogP contribution in [0.3, 0.4) is 0 Å². The molecule has 6 rings (SSSR count). The van der Waals surface area contributed by atoms with Crippen LogP contribution in [0.4, 0.5) is 5.69 Å². The number of oxime groups is 2. The molecule has 1 aromatic heterocycles. The van der Waals surface area contributed by atoms with Crippen molar-refractivity contribution >= 4 is 63.2 Å². The molecule has 0 bridgehead atoms. The zero-order valence-corrected chi connectivity index (χ0v) is 25.9. The average molecular weight is 637 g/mol. The minimum atomic E-state index is -1.01. The van der Waals surface area contributed by atoms with Crippen molar-refractivity contribution in [1.29, 1.82) is 0 Å². The molecule has 48 heavy (non-hydrogen) atoms. The fourth-order valence-electron chi connectivity index (χ4n) is 5.02. The highest BCUT2D eigenvalue weighted by molar-refractivity contribution is 6.16. The number of rotatable bonds is 9. The van der Waals surface area contributed by atoms with Crippen LogP contribution in [0.1, 0.15) is 56.0 Å². The maximum atomic E-state index is 12.5. The van der Waals surface area contributed by atoms with Crippen molar-refractivity contribution in [2.45, 2.75) is 13.8 Å². The molecule has 236 valence electrons. The molecule has 0 saturated heterocycles. The third kappa shape index (κ3) is 6.77. The summed E-state index contributed by atoms with van der Waals surface area (Å²) >= 11 is 0. The largest absolute Gasteiger partial charge is 0.478 e. The number of aromatic carboxylic acids is 1. The maximum absolute atomic E-state index is 12.5. The smallest absolute Gasteiger partial charge is 0.365 e. The number of carbonyl (C=O) groups excluding carboxylic acids is 2. The van der Waals surface area contributed by atoms with Crippen LogP contribution in [0.25, 0.3) is 21.8 Å². The number of aliphatic imine (C=N–C) groups is 1. The van der Waals surface area contributed by atoms with E-state index in [0.717, 1.165) is 32.9 Å². The Labute approximate surface area is 274 Å². The van der Waals surface area contributed by atoms with Crippen molar-refractivity contribution in [2.24, 2.45) is 15.3 Å². The van der Waals surface area contributed by atoms with E-state index in [2.05, 4.69) is 15.3 Å². The molecule has 0 aliphatic rings. The summed E-state index contributed by atoms with van der Waals surface area (Å²) in [6.45, 7) is 3.51. The SMILES string of the molecule is CC(=NOC(=O)c1ccccc1)c1ccc2c(c1)c1cc(C(C)=NOC(=O)c3ccccc3)ccc1n2C=Nc1ccc(C(=O)O)cc1. The van der Waals surface area contributed by atoms with Crippen LogP contribution < -0.4 is 0 Å². The molecule has 0 fully saturated rings. The van der Waals surface area contributed by atoms with E-state index in [1.54, 1.807) is 80.8 Å². The highest BCUT2D eigenvalue weighted by Gasteiger charge is 2.15. The summed E-state index contributed by atoms with van der Waals surface area (Å²) in [4.78, 5) is 51.2. The first kappa shape index (κ1) is 31.3. The molecule has 1 N–H and O–H groups in total. The number of nitrogens with zero attached hydrogens (tertiary/aromatic N) is 4. The van der Waals surface area contributed by atoms with Crippen LogP contribution in [0.15, 0.2) is 137 Å². The summed E-state index contributed by atoms with van der Waals surface area (Å²) in [7, 11) is 0. The van der Waals surface area contributed by atoms with Gasteiger partial charge in [-0.05, 0) is 97.8 Å². The Morgan fingerprint density at radius 1 is 0.583 bits per heavy atom. The van der Waals surface area contributed by atoms with Gasteiger partial charge in [0.15, 0.2) is 0 Å². The molecular formula is C38H28N4O6. The molecule has 0 aliphatic heterocycles. The lowest BCUT2D eigenvalue weighted by molar-refractivity contribution is 0.0508. The number of hydrogen-bond donors (Lipinski definition) is 1. The number of fused-ring (bicyclic) bond motifs is 3. The second-order valence-electron chi connectivity index (χ2n) is 10.8. The standard InChI is InChI=1S/C38H28N4O6/c1-24(40-47-37(45)27-9-5-3-6-10-27)29-15-19-34-32(21-29)33-22-30(25(2)41-48-38(46)28-11-7-4-8-12-28)16-20-35(33)42(34)23-39-31-17-13-26(14-18-31)36(43)44/h3-23H,1-2H3,(H,43,44). The van der Waals surface area contributed by atoms with Crippen LogP contribution in [0.2, 0.25) is 0 Å². The molecule has 0 spiro atoms. The van der Waals surface area contributed by atoms with Gasteiger partial charge >= 0.3 is 17.9 Å². The molecular weight excluding hydrogens is 608 g/mol. The summed E-state index contributed by atoms with van der Waals surface area (Å²) in [6.07, 6.45) is 1.67. The molecule has 0 radical (unpaired) electrons. The molecule has 0 unspecified atom stereocenters. The summed E-state index contributed by atoms with van der Waals surface area (Å²) < 4.78 is 1.92. The van der Waals surface area contributed by atoms with Gasteiger partial charge < -0.3 is 14.8 Å². The Bertz CT molecular complexity index is 2130. The van der Waals surface area contributed by atoms with E-state index in [4.69, 9.17) is 9.68 Å². The van der Waals surface area contributed by atoms with Gasteiger partial charge in [0, 0.05) is 10.8 Å². The number of carbonyl (C=O) groups is 3. The third-order valence-electron chi connectivity index (χ3n) is 7.62. The minimum absolute atomic E-state index is 0.170. The monoisotopic (exact) mass is 636 g/mol. The van der Waals surface area contributed by atoms with Gasteiger partial charge in [-0.25, -0.2) is 19.4 Å². The zero-order chi connectivity index (χ0) is 33.6. The van der Waals surface area contributed by atoms with E-state index >= 15 is 0 Å². The van der Waals surface area contributed by atoms with E-state index in [9.17, 15) is 19.5 Å². The van der Waals surface area contributed by atoms with Gasteiger partial charge in [-0.1, -0.05) is 58.8 Å². The third-order valence-corrected chi connectivity index (χ3v) is 7.62. The highest BCUT2D eigenvalue weighted by Crippen LogP contribution is 2.31. The second kappa shape index (κ2) is 13.8. The molecule has 1 heterocycles. The molecule has 0 saturated carbocycles. The zero-order valence-electron chi connectivity index (χ0n) is 25.9. The van der Waals surface area contributed by atoms with Crippen LogP contribution in [-0.4, -0.2) is 45.3 Å². The first-order chi connectivity index (χ1) is 23.3. The van der Waals surface area contributed by atoms with Crippen LogP contribution in [-0.2, 0) is 9.68 Å². The molecule has 6 aromatic rings. The molecule has 0 aliphatic carbocycles. The van der Waals surface area contributed by atoms with Crippen molar-refractivity contribution in [1.82, 2.24) is 4.57 Å². The average Bonchev–Trinajstić information content (AvgIpc) is 3.44. The van der Waals surface area contributed by atoms with Gasteiger partial charge in [0.25, 0.3) is 0 Å². The van der Waals surface area contributed by atoms with E-state index in [-0.39, 0.29) is 5.56 Å². The second-order valence-corrected chi connectivity index (χ2v) is 10.8. The predicted octanol–water partition coefficient (Wildman–Crippen LogP) is 7.86. The summed E-state index contributed by atoms with van der Waals surface area (Å²) in [6, 6.07) is 35.0. The Morgan fingerprint density at radius 2 is 1.02 bits per heavy atom. The van der Waals surface area contributed by atoms with Crippen LogP contribution in [0, 0.1) is 0 Å². The maximum Gasteiger partial charge on any atom is 0.365 e. The van der Waals surface area contributed by atoms with Gasteiger partial charge in [-0.15, -0.1) is 0 Å². The van der Waals surface area contributed by atoms with E-state index in [1.807, 2.05) is 53.1 Å². The number of carboxylic acid groups (broad SMARTS) is 1. The first-order valence-corrected chi connectivity index (χ1v) is 14.9. The quantitative estimate of drug-likeness (QED) is 0.0744. The van der Waals surface area contributed by atoms with Gasteiger partial charge in [-0.2, -0.15) is 0 Å². The van der Waals surface area contributed by atoms with Crippen molar-refractivity contribution in [2.75, 3.05) is 0 Å². The summed E-state index contributed by atoms with van der Waals surface area (Å²) in [5.74, 6) is -2.14. The van der Waals surface area contributed by atoms with Gasteiger partial charge in [0.1, 0.15) is 6.34 Å². The van der Waals surface area contributed by atoms with Crippen LogP contribution >= 0.6 is 0 Å². The fourth-order valence-corrected chi connectivity index (χ4v) is 5.02. The molecule has 10 nitrogen and oxygen atoms in total. The van der Waals surface area contributed by atoms with Crippen molar-refractivity contribution in [3.8, 4) is 0 Å². The fraction of sp³-hybridized carbons (Fsp3) is 0.0526. The number of hydrogen-bond acceptors (Lipinski definition) is 8. The minimum Gasteiger partial charge on any atom is -0.478 e. The van der Waals surface area contributed by atoms with Gasteiger partial charge in [0.05, 0.1) is 44.8 Å². The Kier molecular flexibility index (Phi) is 8.97. The van der Waals surface area contributed by atoms with E-state index in [0.29, 0.717) is 28.2 Å². The topological polar surface area (TPSA) is 132 Å². The van der Waals surface area contributed by atoms with Gasteiger partial charge in [-0.3, -0.25) is 4.57 Å². The van der Waals surface area contributed by atoms with Gasteiger partial charge in [0.2, 0.25) is 0 Å². The van der Waals surface area contributed by atoms with Crippen molar-refractivity contribution in [3.05, 3.63) is 149 Å². The van der Waals surface area contributed by atoms with Crippen LogP contribution in [0.5, 0.6) is 0 Å². The molecule has 5 aromatic carbocycles. The normalized spacial score (nSPS) is 12.0. The Morgan fingerprint density at radius 3 is 1.46 bits per heavy atom. The lowest BCUT2D eigenvalue weighted by Crippen LogP contribution is -2.03. The molecule has 10 heteroatoms. The number of aromatic nitrogens is 1. The number of carboxylic acids is 1. The van der Waals surface area contributed by atoms with E-state index in [1.165, 1.54) is 12.1 Å².